The fourth-order valence-corrected chi connectivity index (χ4v) is 2.30. The van der Waals surface area contributed by atoms with Crippen molar-refractivity contribution in [2.24, 2.45) is 0 Å². The molecular weight excluding hydrogens is 274 g/mol. The van der Waals surface area contributed by atoms with Crippen LogP contribution in [0.15, 0.2) is 36.7 Å². The van der Waals surface area contributed by atoms with Gasteiger partial charge in [-0.3, -0.25) is 0 Å². The zero-order valence-electron chi connectivity index (χ0n) is 11.3. The fourth-order valence-electron chi connectivity index (χ4n) is 2.12. The van der Waals surface area contributed by atoms with Crippen LogP contribution in [0.4, 0.5) is 0 Å². The number of hydrogen-bond acceptors (Lipinski definition) is 3. The maximum Gasteiger partial charge on any atom is 0.159 e. The van der Waals surface area contributed by atoms with Crippen LogP contribution >= 0.6 is 11.6 Å². The van der Waals surface area contributed by atoms with Crippen molar-refractivity contribution in [3.63, 3.8) is 0 Å². The largest absolute Gasteiger partial charge is 0.497 e. The van der Waals surface area contributed by atoms with E-state index in [9.17, 15) is 0 Å². The summed E-state index contributed by atoms with van der Waals surface area (Å²) in [6.07, 6.45) is 3.54. The van der Waals surface area contributed by atoms with Crippen molar-refractivity contribution in [1.29, 1.82) is 0 Å². The maximum atomic E-state index is 6.27. The molecule has 0 aliphatic carbocycles. The molecule has 20 heavy (non-hydrogen) atoms. The number of aromatic nitrogens is 3. The lowest BCUT2D eigenvalue weighted by Gasteiger charge is -2.05. The molecule has 3 aromatic rings. The number of fused-ring (bicyclic) bond motifs is 1. The zero-order chi connectivity index (χ0) is 14.1. The molecule has 0 unspecified atom stereocenters. The molecule has 0 aliphatic heterocycles. The van der Waals surface area contributed by atoms with Crippen molar-refractivity contribution in [1.82, 2.24) is 14.8 Å². The maximum absolute atomic E-state index is 6.27. The van der Waals surface area contributed by atoms with Gasteiger partial charge in [-0.1, -0.05) is 23.7 Å². The molecule has 0 spiro atoms. The van der Waals surface area contributed by atoms with E-state index in [1.54, 1.807) is 19.5 Å². The highest BCUT2D eigenvalue weighted by atomic mass is 35.5. The van der Waals surface area contributed by atoms with Crippen molar-refractivity contribution in [2.45, 2.75) is 13.5 Å². The molecule has 0 radical (unpaired) electrons. The van der Waals surface area contributed by atoms with Crippen LogP contribution < -0.4 is 4.74 Å². The summed E-state index contributed by atoms with van der Waals surface area (Å²) in [5.41, 5.74) is 2.90. The van der Waals surface area contributed by atoms with E-state index in [4.69, 9.17) is 16.3 Å². The van der Waals surface area contributed by atoms with E-state index < -0.39 is 0 Å². The summed E-state index contributed by atoms with van der Waals surface area (Å²) in [6, 6.07) is 7.90. The third-order valence-corrected chi connectivity index (χ3v) is 3.77. The average molecular weight is 288 g/mol. The van der Waals surface area contributed by atoms with Crippen LogP contribution in [0.2, 0.25) is 5.02 Å². The number of methoxy groups -OCH3 is 1. The summed E-state index contributed by atoms with van der Waals surface area (Å²) in [4.78, 5) is 4.42. The van der Waals surface area contributed by atoms with E-state index in [1.165, 1.54) is 0 Å². The van der Waals surface area contributed by atoms with Gasteiger partial charge in [-0.25, -0.2) is 9.67 Å². The van der Waals surface area contributed by atoms with E-state index in [2.05, 4.69) is 10.1 Å². The molecule has 0 N–H and O–H groups in total. The molecule has 0 fully saturated rings. The Labute approximate surface area is 122 Å². The molecule has 2 aromatic heterocycles. The lowest BCUT2D eigenvalue weighted by atomic mass is 10.2. The normalized spacial score (nSPS) is 10.9. The number of aryl methyl sites for hydroxylation is 1. The highest BCUT2D eigenvalue weighted by Crippen LogP contribution is 2.25. The second kappa shape index (κ2) is 5.13. The van der Waals surface area contributed by atoms with Crippen LogP contribution in [0, 0.1) is 6.92 Å². The van der Waals surface area contributed by atoms with Gasteiger partial charge in [0.1, 0.15) is 5.75 Å². The van der Waals surface area contributed by atoms with Gasteiger partial charge in [0, 0.05) is 6.20 Å². The number of benzene rings is 1. The molecule has 102 valence electrons. The first-order valence-corrected chi connectivity index (χ1v) is 6.66. The molecule has 2 heterocycles. The average Bonchev–Trinajstić information content (AvgIpc) is 2.87. The Hall–Kier alpha value is -2.07. The molecule has 0 saturated heterocycles. The molecule has 0 aliphatic rings. The third-order valence-electron chi connectivity index (χ3n) is 3.27. The monoisotopic (exact) mass is 287 g/mol. The minimum absolute atomic E-state index is 0.653. The van der Waals surface area contributed by atoms with Crippen molar-refractivity contribution < 1.29 is 4.74 Å². The Morgan fingerprint density at radius 3 is 2.65 bits per heavy atom. The Morgan fingerprint density at radius 2 is 1.95 bits per heavy atom. The third kappa shape index (κ3) is 2.23. The Morgan fingerprint density at radius 1 is 1.20 bits per heavy atom. The summed E-state index contributed by atoms with van der Waals surface area (Å²) in [5.74, 6) is 0.843. The van der Waals surface area contributed by atoms with Crippen LogP contribution in [0.3, 0.4) is 0 Å². The summed E-state index contributed by atoms with van der Waals surface area (Å²) >= 11 is 6.27. The predicted molar refractivity (Wildman–Crippen MR) is 79.4 cm³/mol. The fraction of sp³-hybridized carbons (Fsp3) is 0.200. The van der Waals surface area contributed by atoms with E-state index in [0.717, 1.165) is 32.9 Å². The van der Waals surface area contributed by atoms with Gasteiger partial charge in [-0.2, -0.15) is 5.10 Å². The van der Waals surface area contributed by atoms with Crippen molar-refractivity contribution >= 4 is 22.6 Å². The summed E-state index contributed by atoms with van der Waals surface area (Å²) in [6.45, 7) is 2.59. The minimum atomic E-state index is 0.653. The highest BCUT2D eigenvalue weighted by Gasteiger charge is 2.09. The van der Waals surface area contributed by atoms with Gasteiger partial charge in [0.05, 0.1) is 30.3 Å². The molecule has 4 nitrogen and oxygen atoms in total. The molecule has 0 atom stereocenters. The first-order valence-electron chi connectivity index (χ1n) is 6.28. The van der Waals surface area contributed by atoms with Gasteiger partial charge in [0.15, 0.2) is 5.65 Å². The summed E-state index contributed by atoms with van der Waals surface area (Å²) < 4.78 is 7.00. The number of ether oxygens (including phenoxy) is 1. The van der Waals surface area contributed by atoms with Gasteiger partial charge < -0.3 is 4.74 Å². The second-order valence-corrected chi connectivity index (χ2v) is 5.02. The highest BCUT2D eigenvalue weighted by molar-refractivity contribution is 6.35. The lowest BCUT2D eigenvalue weighted by Crippen LogP contribution is -2.02. The molecule has 0 saturated carbocycles. The first kappa shape index (κ1) is 12.9. The Kier molecular flexibility index (Phi) is 3.32. The van der Waals surface area contributed by atoms with Crippen molar-refractivity contribution in [3.8, 4) is 5.75 Å². The van der Waals surface area contributed by atoms with Crippen LogP contribution in [-0.2, 0) is 6.54 Å². The first-order chi connectivity index (χ1) is 9.69. The van der Waals surface area contributed by atoms with Crippen molar-refractivity contribution in [2.75, 3.05) is 7.11 Å². The molecule has 3 rings (SSSR count). The van der Waals surface area contributed by atoms with Crippen molar-refractivity contribution in [3.05, 3.63) is 52.8 Å². The van der Waals surface area contributed by atoms with Gasteiger partial charge in [-0.15, -0.1) is 0 Å². The Bertz CT molecular complexity index is 750. The molecule has 1 aromatic carbocycles. The van der Waals surface area contributed by atoms with Crippen LogP contribution in [0.5, 0.6) is 5.75 Å². The van der Waals surface area contributed by atoms with Gasteiger partial charge in [-0.05, 0) is 30.2 Å². The van der Waals surface area contributed by atoms with Gasteiger partial charge in [0.25, 0.3) is 0 Å². The second-order valence-electron chi connectivity index (χ2n) is 4.64. The number of nitrogens with zero attached hydrogens (tertiary/aromatic N) is 3. The summed E-state index contributed by atoms with van der Waals surface area (Å²) in [7, 11) is 1.66. The Balaban J connectivity index is 1.96. The smallest absolute Gasteiger partial charge is 0.159 e. The van der Waals surface area contributed by atoms with E-state index in [0.29, 0.717) is 6.54 Å². The lowest BCUT2D eigenvalue weighted by molar-refractivity contribution is 0.414. The van der Waals surface area contributed by atoms with Gasteiger partial charge >= 0.3 is 0 Å². The minimum Gasteiger partial charge on any atom is -0.497 e. The van der Waals surface area contributed by atoms with Gasteiger partial charge in [0.2, 0.25) is 0 Å². The number of rotatable bonds is 3. The SMILES string of the molecule is COc1ccc(Cn2ncc3c(Cl)c(C)cnc32)cc1. The molecular formula is C15H14ClN3O. The van der Waals surface area contributed by atoms with Crippen LogP contribution in [0.25, 0.3) is 11.0 Å². The van der Waals surface area contributed by atoms with E-state index in [-0.39, 0.29) is 0 Å². The molecule has 0 amide bonds. The predicted octanol–water partition coefficient (Wildman–Crippen LogP) is 3.45. The quantitative estimate of drug-likeness (QED) is 0.741. The van der Waals surface area contributed by atoms with Crippen LogP contribution in [-0.4, -0.2) is 21.9 Å². The standard InChI is InChI=1S/C15H14ClN3O/c1-10-7-17-15-13(14(10)16)8-18-19(15)9-11-3-5-12(20-2)6-4-11/h3-8H,9H2,1-2H3. The summed E-state index contributed by atoms with van der Waals surface area (Å²) in [5, 5.41) is 5.98. The molecule has 0 bridgehead atoms. The van der Waals surface area contributed by atoms with E-state index in [1.807, 2.05) is 35.9 Å². The zero-order valence-corrected chi connectivity index (χ0v) is 12.1. The molecule has 5 heteroatoms. The topological polar surface area (TPSA) is 39.9 Å². The number of pyridine rings is 1. The number of hydrogen-bond donors (Lipinski definition) is 0. The van der Waals surface area contributed by atoms with Crippen LogP contribution in [0.1, 0.15) is 11.1 Å². The van der Waals surface area contributed by atoms with E-state index >= 15 is 0 Å². The number of halogens is 1.